The molecule has 0 saturated carbocycles. The Morgan fingerprint density at radius 1 is 1.17 bits per heavy atom. The van der Waals surface area contributed by atoms with Gasteiger partial charge in [-0.2, -0.15) is 10.2 Å². The third kappa shape index (κ3) is 3.38. The number of nitrogens with one attached hydrogen (secondary N) is 1. The van der Waals surface area contributed by atoms with E-state index < -0.39 is 17.9 Å². The molecule has 0 radical (unpaired) electrons. The second-order valence-electron chi connectivity index (χ2n) is 7.52. The number of hydrogen-bond donors (Lipinski definition) is 2. The summed E-state index contributed by atoms with van der Waals surface area (Å²) >= 11 is 0. The summed E-state index contributed by atoms with van der Waals surface area (Å²) in [5.74, 6) is -1.71. The molecule has 0 spiro atoms. The summed E-state index contributed by atoms with van der Waals surface area (Å²) in [6, 6.07) is 8.73. The minimum Gasteiger partial charge on any atom is -0.480 e. The number of para-hydroxylation sites is 1. The van der Waals surface area contributed by atoms with Crippen LogP contribution in [0.5, 0.6) is 0 Å². The maximum absolute atomic E-state index is 12.5. The molecule has 1 atom stereocenters. The van der Waals surface area contributed by atoms with Crippen molar-refractivity contribution in [3.8, 4) is 5.69 Å². The first-order valence-electron chi connectivity index (χ1n) is 9.64. The molecule has 9 heteroatoms. The van der Waals surface area contributed by atoms with E-state index in [0.29, 0.717) is 5.65 Å². The number of pyridine rings is 1. The number of aryl methyl sites for hydroxylation is 1. The van der Waals surface area contributed by atoms with E-state index in [9.17, 15) is 14.7 Å². The Morgan fingerprint density at radius 3 is 2.57 bits per heavy atom. The van der Waals surface area contributed by atoms with Crippen molar-refractivity contribution >= 4 is 33.8 Å². The number of benzene rings is 1. The van der Waals surface area contributed by atoms with Gasteiger partial charge in [0, 0.05) is 11.6 Å². The number of hydrogen-bond acceptors (Lipinski definition) is 5. The Bertz CT molecular complexity index is 1240. The van der Waals surface area contributed by atoms with Crippen LogP contribution in [0, 0.1) is 12.8 Å². The van der Waals surface area contributed by atoms with Crippen LogP contribution in [-0.2, 0) is 16.1 Å². The summed E-state index contributed by atoms with van der Waals surface area (Å²) in [5, 5.41) is 22.5. The van der Waals surface area contributed by atoms with Crippen LogP contribution in [0.2, 0.25) is 0 Å². The molecule has 0 aliphatic carbocycles. The van der Waals surface area contributed by atoms with Gasteiger partial charge >= 0.3 is 5.97 Å². The van der Waals surface area contributed by atoms with Crippen molar-refractivity contribution in [2.75, 3.05) is 0 Å². The van der Waals surface area contributed by atoms with Crippen LogP contribution in [-0.4, -0.2) is 47.6 Å². The molecule has 4 aromatic rings. The van der Waals surface area contributed by atoms with E-state index in [0.717, 1.165) is 27.7 Å². The number of carboxylic acid groups (broad SMARTS) is 1. The Balaban J connectivity index is 1.75. The van der Waals surface area contributed by atoms with Gasteiger partial charge in [-0.3, -0.25) is 9.48 Å². The second kappa shape index (κ2) is 7.58. The molecular weight excluding hydrogens is 384 g/mol. The largest absolute Gasteiger partial charge is 0.480 e. The zero-order chi connectivity index (χ0) is 21.4. The molecule has 4 rings (SSSR count). The van der Waals surface area contributed by atoms with Crippen molar-refractivity contribution in [2.24, 2.45) is 5.92 Å². The summed E-state index contributed by atoms with van der Waals surface area (Å²) in [4.78, 5) is 28.5. The van der Waals surface area contributed by atoms with Crippen LogP contribution in [0.15, 0.2) is 42.7 Å². The Morgan fingerprint density at radius 2 is 1.90 bits per heavy atom. The highest BCUT2D eigenvalue weighted by atomic mass is 16.4. The molecule has 1 unspecified atom stereocenters. The van der Waals surface area contributed by atoms with E-state index in [1.165, 1.54) is 0 Å². The molecule has 1 aromatic carbocycles. The van der Waals surface area contributed by atoms with Crippen molar-refractivity contribution in [3.63, 3.8) is 0 Å². The molecular formula is C21H22N6O3. The lowest BCUT2D eigenvalue weighted by molar-refractivity contribution is -0.143. The Labute approximate surface area is 172 Å². The summed E-state index contributed by atoms with van der Waals surface area (Å²) in [7, 11) is 0. The topological polar surface area (TPSA) is 115 Å². The first-order valence-corrected chi connectivity index (χ1v) is 9.64. The van der Waals surface area contributed by atoms with E-state index in [4.69, 9.17) is 0 Å². The molecule has 30 heavy (non-hydrogen) atoms. The maximum atomic E-state index is 12.5. The van der Waals surface area contributed by atoms with Crippen molar-refractivity contribution in [3.05, 3.63) is 48.4 Å². The summed E-state index contributed by atoms with van der Waals surface area (Å²) < 4.78 is 3.33. The van der Waals surface area contributed by atoms with Gasteiger partial charge in [-0.1, -0.05) is 32.0 Å². The molecule has 0 aliphatic rings. The predicted octanol–water partition coefficient (Wildman–Crippen LogP) is 2.30. The van der Waals surface area contributed by atoms with Gasteiger partial charge in [0.05, 0.1) is 28.5 Å². The Hall–Kier alpha value is -3.75. The molecule has 9 nitrogen and oxygen atoms in total. The third-order valence-electron chi connectivity index (χ3n) is 5.01. The fraction of sp³-hybridized carbons (Fsp3) is 0.286. The summed E-state index contributed by atoms with van der Waals surface area (Å²) in [6.07, 6.45) is 3.35. The van der Waals surface area contributed by atoms with E-state index >= 15 is 0 Å². The lowest BCUT2D eigenvalue weighted by atomic mass is 10.1. The number of aliphatic carboxylic acids is 1. The van der Waals surface area contributed by atoms with Crippen molar-refractivity contribution in [1.82, 2.24) is 29.9 Å². The molecule has 0 bridgehead atoms. The number of rotatable bonds is 6. The summed E-state index contributed by atoms with van der Waals surface area (Å²) in [5.41, 5.74) is 3.05. The standard InChI is InChI=1S/C21H22N6O3/c1-12(2)18(21(29)30)24-16(28)11-26-19-14(10-23-26)9-22-20-17(19)13(3)25-27(20)15-7-5-4-6-8-15/h4-10,12,18H,11H2,1-3H3,(H,24,28)(H,29,30). The van der Waals surface area contributed by atoms with Gasteiger partial charge in [0.1, 0.15) is 12.6 Å². The minimum absolute atomic E-state index is 0.102. The number of nitrogens with zero attached hydrogens (tertiary/aromatic N) is 5. The smallest absolute Gasteiger partial charge is 0.326 e. The molecule has 3 heterocycles. The minimum atomic E-state index is -1.06. The van der Waals surface area contributed by atoms with E-state index in [-0.39, 0.29) is 12.5 Å². The molecule has 0 saturated heterocycles. The summed E-state index contributed by atoms with van der Waals surface area (Å²) in [6.45, 7) is 5.28. The highest BCUT2D eigenvalue weighted by molar-refractivity contribution is 6.04. The number of carbonyl (C=O) groups excluding carboxylic acids is 1. The molecule has 3 aromatic heterocycles. The highest BCUT2D eigenvalue weighted by Crippen LogP contribution is 2.28. The fourth-order valence-corrected chi connectivity index (χ4v) is 3.55. The number of aromatic nitrogens is 5. The Kier molecular flexibility index (Phi) is 4.94. The van der Waals surface area contributed by atoms with Gasteiger partial charge in [0.25, 0.3) is 0 Å². The lowest BCUT2D eigenvalue weighted by Gasteiger charge is -2.18. The average molecular weight is 406 g/mol. The number of fused-ring (bicyclic) bond motifs is 3. The fourth-order valence-electron chi connectivity index (χ4n) is 3.55. The van der Waals surface area contributed by atoms with Crippen molar-refractivity contribution in [2.45, 2.75) is 33.4 Å². The first kappa shape index (κ1) is 19.6. The van der Waals surface area contributed by atoms with Crippen LogP contribution >= 0.6 is 0 Å². The average Bonchev–Trinajstić information content (AvgIpc) is 3.27. The normalized spacial score (nSPS) is 12.5. The van der Waals surface area contributed by atoms with Gasteiger partial charge in [0.2, 0.25) is 5.91 Å². The van der Waals surface area contributed by atoms with Gasteiger partial charge in [-0.05, 0) is 25.0 Å². The zero-order valence-electron chi connectivity index (χ0n) is 16.9. The van der Waals surface area contributed by atoms with Gasteiger partial charge in [-0.15, -0.1) is 0 Å². The van der Waals surface area contributed by atoms with Crippen molar-refractivity contribution in [1.29, 1.82) is 0 Å². The maximum Gasteiger partial charge on any atom is 0.326 e. The monoisotopic (exact) mass is 406 g/mol. The molecule has 1 amide bonds. The van der Waals surface area contributed by atoms with Gasteiger partial charge < -0.3 is 10.4 Å². The zero-order valence-corrected chi connectivity index (χ0v) is 16.9. The van der Waals surface area contributed by atoms with E-state index in [1.54, 1.807) is 35.6 Å². The second-order valence-corrected chi connectivity index (χ2v) is 7.52. The first-order chi connectivity index (χ1) is 14.4. The molecule has 2 N–H and O–H groups in total. The van der Waals surface area contributed by atoms with Gasteiger partial charge in [-0.25, -0.2) is 14.5 Å². The van der Waals surface area contributed by atoms with Crippen molar-refractivity contribution < 1.29 is 14.7 Å². The molecule has 154 valence electrons. The quantitative estimate of drug-likeness (QED) is 0.508. The highest BCUT2D eigenvalue weighted by Gasteiger charge is 2.24. The lowest BCUT2D eigenvalue weighted by Crippen LogP contribution is -2.45. The molecule has 0 aliphatic heterocycles. The number of carbonyl (C=O) groups is 2. The third-order valence-corrected chi connectivity index (χ3v) is 5.01. The van der Waals surface area contributed by atoms with E-state index in [1.807, 2.05) is 37.3 Å². The van der Waals surface area contributed by atoms with Crippen LogP contribution < -0.4 is 5.32 Å². The molecule has 0 fully saturated rings. The predicted molar refractivity (Wildman–Crippen MR) is 111 cm³/mol. The van der Waals surface area contributed by atoms with Crippen LogP contribution in [0.25, 0.3) is 27.6 Å². The number of amides is 1. The van der Waals surface area contributed by atoms with E-state index in [2.05, 4.69) is 20.5 Å². The van der Waals surface area contributed by atoms with Crippen LogP contribution in [0.4, 0.5) is 0 Å². The van der Waals surface area contributed by atoms with Crippen LogP contribution in [0.3, 0.4) is 0 Å². The number of carboxylic acids is 1. The van der Waals surface area contributed by atoms with Gasteiger partial charge in [0.15, 0.2) is 5.65 Å². The SMILES string of the molecule is Cc1nn(-c2ccccc2)c2ncc3cnn(CC(=O)NC(C(=O)O)C(C)C)c3c12. The van der Waals surface area contributed by atoms with Crippen LogP contribution in [0.1, 0.15) is 19.5 Å².